The Bertz CT molecular complexity index is 1100. The predicted octanol–water partition coefficient (Wildman–Crippen LogP) is 4.06. The number of hydrogen-bond donors (Lipinski definition) is 1. The molecular formula is C21H18FNO4S. The molecule has 144 valence electrons. The Kier molecular flexibility index (Phi) is 5.75. The van der Waals surface area contributed by atoms with Gasteiger partial charge in [0.05, 0.1) is 4.90 Å². The molecule has 0 saturated carbocycles. The van der Waals surface area contributed by atoms with Crippen molar-refractivity contribution in [2.75, 3.05) is 11.6 Å². The van der Waals surface area contributed by atoms with Gasteiger partial charge in [-0.3, -0.25) is 4.79 Å². The lowest BCUT2D eigenvalue weighted by Gasteiger charge is -2.09. The summed E-state index contributed by atoms with van der Waals surface area (Å²) in [6, 6.07) is 18.7. The quantitative estimate of drug-likeness (QED) is 0.678. The summed E-state index contributed by atoms with van der Waals surface area (Å²) in [5.41, 5.74) is 1.71. The smallest absolute Gasteiger partial charge is 0.255 e. The maximum absolute atomic E-state index is 13.2. The minimum Gasteiger partial charge on any atom is -0.489 e. The Morgan fingerprint density at radius 3 is 2.39 bits per heavy atom. The number of sulfone groups is 1. The summed E-state index contributed by atoms with van der Waals surface area (Å²) in [5.74, 6) is -0.316. The van der Waals surface area contributed by atoms with E-state index in [1.54, 1.807) is 30.3 Å². The van der Waals surface area contributed by atoms with Crippen LogP contribution in [0.1, 0.15) is 15.9 Å². The van der Waals surface area contributed by atoms with E-state index >= 15 is 0 Å². The second-order valence-corrected chi connectivity index (χ2v) is 8.21. The summed E-state index contributed by atoms with van der Waals surface area (Å²) in [5, 5.41) is 2.76. The molecule has 0 unspecified atom stereocenters. The summed E-state index contributed by atoms with van der Waals surface area (Å²) in [4.78, 5) is 12.5. The number of hydrogen-bond acceptors (Lipinski definition) is 4. The van der Waals surface area contributed by atoms with Gasteiger partial charge in [0, 0.05) is 23.6 Å². The van der Waals surface area contributed by atoms with E-state index in [-0.39, 0.29) is 23.2 Å². The number of anilines is 1. The molecule has 0 aliphatic heterocycles. The van der Waals surface area contributed by atoms with Crippen molar-refractivity contribution in [1.29, 1.82) is 0 Å². The topological polar surface area (TPSA) is 72.5 Å². The second kappa shape index (κ2) is 8.22. The van der Waals surface area contributed by atoms with Gasteiger partial charge < -0.3 is 10.1 Å². The predicted molar refractivity (Wildman–Crippen MR) is 105 cm³/mol. The molecule has 7 heteroatoms. The van der Waals surface area contributed by atoms with E-state index in [9.17, 15) is 17.6 Å². The van der Waals surface area contributed by atoms with Crippen LogP contribution in [0.2, 0.25) is 0 Å². The van der Waals surface area contributed by atoms with E-state index in [0.717, 1.165) is 11.8 Å². The minimum absolute atomic E-state index is 0.153. The largest absolute Gasteiger partial charge is 0.489 e. The van der Waals surface area contributed by atoms with Gasteiger partial charge in [-0.2, -0.15) is 0 Å². The number of amides is 1. The fraction of sp³-hybridized carbons (Fsp3) is 0.0952. The summed E-state index contributed by atoms with van der Waals surface area (Å²) >= 11 is 0. The fourth-order valence-electron chi connectivity index (χ4n) is 2.52. The van der Waals surface area contributed by atoms with Crippen molar-refractivity contribution in [3.05, 3.63) is 89.7 Å². The van der Waals surface area contributed by atoms with Crippen LogP contribution in [-0.2, 0) is 16.4 Å². The van der Waals surface area contributed by atoms with E-state index < -0.39 is 9.84 Å². The van der Waals surface area contributed by atoms with E-state index in [0.29, 0.717) is 17.0 Å². The molecule has 0 heterocycles. The van der Waals surface area contributed by atoms with Gasteiger partial charge in [0.15, 0.2) is 9.84 Å². The number of rotatable bonds is 6. The molecule has 0 aliphatic rings. The normalized spacial score (nSPS) is 11.1. The van der Waals surface area contributed by atoms with Gasteiger partial charge in [-0.25, -0.2) is 12.8 Å². The van der Waals surface area contributed by atoms with Crippen molar-refractivity contribution < 1.29 is 22.3 Å². The molecule has 1 N–H and O–H groups in total. The van der Waals surface area contributed by atoms with Crippen molar-refractivity contribution in [3.63, 3.8) is 0 Å². The first kappa shape index (κ1) is 19.6. The van der Waals surface area contributed by atoms with Crippen molar-refractivity contribution in [3.8, 4) is 5.75 Å². The van der Waals surface area contributed by atoms with Gasteiger partial charge in [-0.05, 0) is 54.1 Å². The SMILES string of the molecule is CS(=O)(=O)c1ccc(C(=O)Nc2cccc(COc3cccc(F)c3)c2)cc1. The lowest BCUT2D eigenvalue weighted by molar-refractivity contribution is 0.102. The van der Waals surface area contributed by atoms with Crippen LogP contribution in [0.3, 0.4) is 0 Å². The zero-order chi connectivity index (χ0) is 20.1. The maximum atomic E-state index is 13.2. The third-order valence-electron chi connectivity index (χ3n) is 3.93. The number of nitrogens with one attached hydrogen (secondary N) is 1. The summed E-state index contributed by atoms with van der Waals surface area (Å²) < 4.78 is 41.7. The number of ether oxygens (including phenoxy) is 1. The number of benzene rings is 3. The number of carbonyl (C=O) groups excluding carboxylic acids is 1. The minimum atomic E-state index is -3.31. The molecule has 0 fully saturated rings. The first-order chi connectivity index (χ1) is 13.3. The Balaban J connectivity index is 1.66. The Morgan fingerprint density at radius 2 is 1.71 bits per heavy atom. The van der Waals surface area contributed by atoms with Crippen molar-refractivity contribution >= 4 is 21.4 Å². The van der Waals surface area contributed by atoms with E-state index in [1.165, 1.54) is 36.4 Å². The van der Waals surface area contributed by atoms with Gasteiger partial charge in [-0.1, -0.05) is 18.2 Å². The Morgan fingerprint density at radius 1 is 1.00 bits per heavy atom. The van der Waals surface area contributed by atoms with E-state index in [1.807, 2.05) is 6.07 Å². The van der Waals surface area contributed by atoms with Gasteiger partial charge in [0.1, 0.15) is 18.2 Å². The highest BCUT2D eigenvalue weighted by molar-refractivity contribution is 7.90. The van der Waals surface area contributed by atoms with Gasteiger partial charge >= 0.3 is 0 Å². The zero-order valence-electron chi connectivity index (χ0n) is 15.1. The molecule has 0 atom stereocenters. The molecule has 0 aromatic heterocycles. The summed E-state index contributed by atoms with van der Waals surface area (Å²) in [7, 11) is -3.31. The standard InChI is InChI=1S/C21H18FNO4S/c1-28(25,26)20-10-8-16(9-11-20)21(24)23-18-6-2-4-15(12-18)14-27-19-7-3-5-17(22)13-19/h2-13H,14H2,1H3,(H,23,24). The Hall–Kier alpha value is -3.19. The molecule has 0 radical (unpaired) electrons. The van der Waals surface area contributed by atoms with Gasteiger partial charge in [0.25, 0.3) is 5.91 Å². The highest BCUT2D eigenvalue weighted by Gasteiger charge is 2.10. The van der Waals surface area contributed by atoms with Crippen molar-refractivity contribution in [1.82, 2.24) is 0 Å². The molecule has 1 amide bonds. The molecule has 28 heavy (non-hydrogen) atoms. The molecule has 0 aliphatic carbocycles. The Labute approximate surface area is 162 Å². The molecule has 0 saturated heterocycles. The monoisotopic (exact) mass is 399 g/mol. The molecule has 0 spiro atoms. The lowest BCUT2D eigenvalue weighted by Crippen LogP contribution is -2.12. The summed E-state index contributed by atoms with van der Waals surface area (Å²) in [6.07, 6.45) is 1.11. The van der Waals surface area contributed by atoms with Gasteiger partial charge in [-0.15, -0.1) is 0 Å². The van der Waals surface area contributed by atoms with Crippen LogP contribution in [0.25, 0.3) is 0 Å². The molecule has 3 aromatic rings. The van der Waals surface area contributed by atoms with Crippen LogP contribution in [0.5, 0.6) is 5.75 Å². The van der Waals surface area contributed by atoms with Crippen molar-refractivity contribution in [2.24, 2.45) is 0 Å². The third kappa shape index (κ3) is 5.17. The second-order valence-electron chi connectivity index (χ2n) is 6.20. The van der Waals surface area contributed by atoms with E-state index in [4.69, 9.17) is 4.74 Å². The van der Waals surface area contributed by atoms with Crippen LogP contribution >= 0.6 is 0 Å². The highest BCUT2D eigenvalue weighted by atomic mass is 32.2. The zero-order valence-corrected chi connectivity index (χ0v) is 15.9. The first-order valence-electron chi connectivity index (χ1n) is 8.40. The van der Waals surface area contributed by atoms with Crippen LogP contribution < -0.4 is 10.1 Å². The number of halogens is 1. The lowest BCUT2D eigenvalue weighted by atomic mass is 10.2. The molecule has 0 bridgehead atoms. The highest BCUT2D eigenvalue weighted by Crippen LogP contribution is 2.17. The van der Waals surface area contributed by atoms with Crippen LogP contribution in [-0.4, -0.2) is 20.6 Å². The van der Waals surface area contributed by atoms with Crippen LogP contribution in [0.4, 0.5) is 10.1 Å². The first-order valence-corrected chi connectivity index (χ1v) is 10.3. The fourth-order valence-corrected chi connectivity index (χ4v) is 3.15. The number of carbonyl (C=O) groups is 1. The van der Waals surface area contributed by atoms with Crippen molar-refractivity contribution in [2.45, 2.75) is 11.5 Å². The summed E-state index contributed by atoms with van der Waals surface area (Å²) in [6.45, 7) is 0.218. The molecule has 5 nitrogen and oxygen atoms in total. The van der Waals surface area contributed by atoms with Crippen LogP contribution in [0.15, 0.2) is 77.7 Å². The molecule has 3 aromatic carbocycles. The maximum Gasteiger partial charge on any atom is 0.255 e. The molecular weight excluding hydrogens is 381 g/mol. The average Bonchev–Trinajstić information content (AvgIpc) is 2.66. The third-order valence-corrected chi connectivity index (χ3v) is 5.06. The van der Waals surface area contributed by atoms with E-state index in [2.05, 4.69) is 5.32 Å². The average molecular weight is 399 g/mol. The van der Waals surface area contributed by atoms with Gasteiger partial charge in [0.2, 0.25) is 0 Å². The molecule has 3 rings (SSSR count). The van der Waals surface area contributed by atoms with Crippen LogP contribution in [0, 0.1) is 5.82 Å².